The molecule has 4 aromatic rings. The predicted molar refractivity (Wildman–Crippen MR) is 133 cm³/mol. The van der Waals surface area contributed by atoms with Crippen LogP contribution in [0.1, 0.15) is 30.5 Å². The highest BCUT2D eigenvalue weighted by Gasteiger charge is 2.13. The molecule has 0 aliphatic rings. The molecule has 0 atom stereocenters. The Balaban J connectivity index is 1.73. The van der Waals surface area contributed by atoms with Gasteiger partial charge in [-0.2, -0.15) is 0 Å². The number of nitrogens with zero attached hydrogens (tertiary/aromatic N) is 1. The second-order valence-corrected chi connectivity index (χ2v) is 8.52. The van der Waals surface area contributed by atoms with Crippen LogP contribution in [0.2, 0.25) is 0 Å². The molecule has 0 radical (unpaired) electrons. The molecule has 1 heterocycles. The van der Waals surface area contributed by atoms with Gasteiger partial charge in [0.2, 0.25) is 0 Å². The third kappa shape index (κ3) is 5.00. The number of amides is 1. The molecule has 6 heteroatoms. The smallest absolute Gasteiger partial charge is 0.407 e. The fraction of sp³-hybridized carbons (Fsp3) is 0.259. The van der Waals surface area contributed by atoms with Gasteiger partial charge >= 0.3 is 6.09 Å². The van der Waals surface area contributed by atoms with Gasteiger partial charge in [0, 0.05) is 28.6 Å². The number of aryl methyl sites for hydroxylation is 2. The molecule has 0 saturated carbocycles. The van der Waals surface area contributed by atoms with E-state index in [0.717, 1.165) is 44.5 Å². The number of carbonyl (C=O) groups is 1. The number of aromatic nitrogens is 1. The summed E-state index contributed by atoms with van der Waals surface area (Å²) in [5.74, 6) is 0.767. The fourth-order valence-electron chi connectivity index (χ4n) is 3.75. The van der Waals surface area contributed by atoms with Crippen molar-refractivity contribution in [2.24, 2.45) is 0 Å². The number of methoxy groups -OCH3 is 1. The highest BCUT2D eigenvalue weighted by atomic mass is 16.5. The first-order valence-corrected chi connectivity index (χ1v) is 11.0. The van der Waals surface area contributed by atoms with Gasteiger partial charge < -0.3 is 20.1 Å². The second-order valence-electron chi connectivity index (χ2n) is 8.52. The third-order valence-electron chi connectivity index (χ3n) is 5.57. The van der Waals surface area contributed by atoms with Gasteiger partial charge in [0.05, 0.1) is 23.8 Å². The number of rotatable bonds is 6. The molecule has 1 amide bonds. The summed E-state index contributed by atoms with van der Waals surface area (Å²) in [7, 11) is 1.66. The van der Waals surface area contributed by atoms with Crippen molar-refractivity contribution in [3.8, 4) is 5.75 Å². The summed E-state index contributed by atoms with van der Waals surface area (Å²) in [4.78, 5) is 16.7. The van der Waals surface area contributed by atoms with Gasteiger partial charge in [0.25, 0.3) is 0 Å². The molecule has 0 spiro atoms. The number of anilines is 2. The highest BCUT2D eigenvalue weighted by Crippen LogP contribution is 2.36. The molecule has 33 heavy (non-hydrogen) atoms. The van der Waals surface area contributed by atoms with Gasteiger partial charge in [-0.15, -0.1) is 0 Å². The Morgan fingerprint density at radius 1 is 0.970 bits per heavy atom. The lowest BCUT2D eigenvalue weighted by atomic mass is 10.0. The second kappa shape index (κ2) is 9.36. The number of nitrogens with one attached hydrogen (secondary N) is 2. The molecule has 0 unspecified atom stereocenters. The SMILES string of the molecule is COc1ccc2c(Nc3cccc(COC(=O)NC(C)C)c3)c3cc(C)c(C)cc3nc2c1. The van der Waals surface area contributed by atoms with Crippen LogP contribution in [0, 0.1) is 13.8 Å². The molecule has 170 valence electrons. The number of alkyl carbamates (subject to hydrolysis) is 1. The first kappa shape index (κ1) is 22.4. The fourth-order valence-corrected chi connectivity index (χ4v) is 3.75. The zero-order valence-corrected chi connectivity index (χ0v) is 19.7. The van der Waals surface area contributed by atoms with Crippen LogP contribution >= 0.6 is 0 Å². The number of fused-ring (bicyclic) bond motifs is 2. The Morgan fingerprint density at radius 3 is 2.48 bits per heavy atom. The Hall–Kier alpha value is -3.80. The number of carbonyl (C=O) groups excluding carboxylic acids is 1. The average Bonchev–Trinajstić information content (AvgIpc) is 2.78. The van der Waals surface area contributed by atoms with E-state index in [1.54, 1.807) is 7.11 Å². The van der Waals surface area contributed by atoms with Crippen LogP contribution in [0.5, 0.6) is 5.75 Å². The van der Waals surface area contributed by atoms with Crippen molar-refractivity contribution in [3.05, 3.63) is 71.3 Å². The Kier molecular flexibility index (Phi) is 6.36. The van der Waals surface area contributed by atoms with Crippen molar-refractivity contribution >= 4 is 39.3 Å². The molecular weight excluding hydrogens is 414 g/mol. The van der Waals surface area contributed by atoms with E-state index in [1.165, 1.54) is 11.1 Å². The number of ether oxygens (including phenoxy) is 2. The summed E-state index contributed by atoms with van der Waals surface area (Å²) < 4.78 is 10.8. The summed E-state index contributed by atoms with van der Waals surface area (Å²) in [6.07, 6.45) is -0.422. The van der Waals surface area contributed by atoms with Gasteiger partial charge in [0.15, 0.2) is 0 Å². The van der Waals surface area contributed by atoms with Crippen molar-refractivity contribution < 1.29 is 14.3 Å². The summed E-state index contributed by atoms with van der Waals surface area (Å²) in [6, 6.07) is 18.1. The monoisotopic (exact) mass is 443 g/mol. The summed E-state index contributed by atoms with van der Waals surface area (Å²) in [5, 5.41) is 8.38. The van der Waals surface area contributed by atoms with Gasteiger partial charge in [-0.1, -0.05) is 12.1 Å². The van der Waals surface area contributed by atoms with Crippen molar-refractivity contribution in [3.63, 3.8) is 0 Å². The average molecular weight is 444 g/mol. The lowest BCUT2D eigenvalue weighted by molar-refractivity contribution is 0.137. The minimum atomic E-state index is -0.422. The van der Waals surface area contributed by atoms with E-state index in [2.05, 4.69) is 36.6 Å². The van der Waals surface area contributed by atoms with Crippen LogP contribution in [0.3, 0.4) is 0 Å². The predicted octanol–water partition coefficient (Wildman–Crippen LogP) is 6.39. The summed E-state index contributed by atoms with van der Waals surface area (Å²) >= 11 is 0. The summed E-state index contributed by atoms with van der Waals surface area (Å²) in [6.45, 7) is 8.19. The van der Waals surface area contributed by atoms with Gasteiger partial charge in [0.1, 0.15) is 12.4 Å². The lowest BCUT2D eigenvalue weighted by Crippen LogP contribution is -2.30. The zero-order valence-electron chi connectivity index (χ0n) is 19.7. The van der Waals surface area contributed by atoms with Crippen LogP contribution in [0.4, 0.5) is 16.2 Å². The molecule has 0 saturated heterocycles. The highest BCUT2D eigenvalue weighted by molar-refractivity contribution is 6.09. The maximum absolute atomic E-state index is 11.8. The molecule has 6 nitrogen and oxygen atoms in total. The molecule has 0 aliphatic carbocycles. The molecule has 1 aromatic heterocycles. The van der Waals surface area contributed by atoms with Gasteiger partial charge in [-0.25, -0.2) is 9.78 Å². The van der Waals surface area contributed by atoms with E-state index in [1.807, 2.05) is 56.3 Å². The Bertz CT molecular complexity index is 1330. The molecule has 0 bridgehead atoms. The molecule has 4 rings (SSSR count). The minimum Gasteiger partial charge on any atom is -0.497 e. The molecular formula is C27H29N3O3. The topological polar surface area (TPSA) is 72.5 Å². The number of benzene rings is 3. The van der Waals surface area contributed by atoms with E-state index in [0.29, 0.717) is 0 Å². The van der Waals surface area contributed by atoms with E-state index < -0.39 is 6.09 Å². The Labute approximate surface area is 193 Å². The standard InChI is InChI=1S/C27H29N3O3/c1-16(2)28-27(31)33-15-19-7-6-8-20(13-19)29-26-22-10-9-21(32-5)14-25(22)30-24-12-18(4)17(3)11-23(24)26/h6-14,16H,15H2,1-5H3,(H,28,31)(H,29,30). The van der Waals surface area contributed by atoms with Crippen molar-refractivity contribution in [1.29, 1.82) is 0 Å². The van der Waals surface area contributed by atoms with Crippen LogP contribution < -0.4 is 15.4 Å². The van der Waals surface area contributed by atoms with Gasteiger partial charge in [-0.3, -0.25) is 0 Å². The van der Waals surface area contributed by atoms with Crippen molar-refractivity contribution in [1.82, 2.24) is 10.3 Å². The molecule has 0 aliphatic heterocycles. The van der Waals surface area contributed by atoms with E-state index in [4.69, 9.17) is 14.5 Å². The van der Waals surface area contributed by atoms with Crippen LogP contribution in [0.25, 0.3) is 21.8 Å². The third-order valence-corrected chi connectivity index (χ3v) is 5.57. The summed E-state index contributed by atoms with van der Waals surface area (Å²) in [5.41, 5.74) is 6.97. The minimum absolute atomic E-state index is 0.0319. The van der Waals surface area contributed by atoms with E-state index in [9.17, 15) is 4.79 Å². The maximum atomic E-state index is 11.8. The molecule has 0 fully saturated rings. The number of pyridine rings is 1. The van der Waals surface area contributed by atoms with Crippen LogP contribution in [-0.4, -0.2) is 24.2 Å². The largest absolute Gasteiger partial charge is 0.497 e. The molecule has 2 N–H and O–H groups in total. The Morgan fingerprint density at radius 2 is 1.73 bits per heavy atom. The maximum Gasteiger partial charge on any atom is 0.407 e. The van der Waals surface area contributed by atoms with Crippen LogP contribution in [0.15, 0.2) is 54.6 Å². The van der Waals surface area contributed by atoms with E-state index >= 15 is 0 Å². The zero-order chi connectivity index (χ0) is 23.5. The normalized spacial score (nSPS) is 11.1. The van der Waals surface area contributed by atoms with Crippen LogP contribution in [-0.2, 0) is 11.3 Å². The van der Waals surface area contributed by atoms with Crippen molar-refractivity contribution in [2.75, 3.05) is 12.4 Å². The first-order valence-electron chi connectivity index (χ1n) is 11.0. The number of hydrogen-bond acceptors (Lipinski definition) is 5. The van der Waals surface area contributed by atoms with Crippen molar-refractivity contribution in [2.45, 2.75) is 40.3 Å². The quantitative estimate of drug-likeness (QED) is 0.338. The van der Waals surface area contributed by atoms with Gasteiger partial charge in [-0.05, 0) is 80.8 Å². The lowest BCUT2D eigenvalue weighted by Gasteiger charge is -2.16. The first-order chi connectivity index (χ1) is 15.8. The van der Waals surface area contributed by atoms with E-state index in [-0.39, 0.29) is 12.6 Å². The molecule has 3 aromatic carbocycles. The number of hydrogen-bond donors (Lipinski definition) is 2.